The van der Waals surface area contributed by atoms with Crippen molar-refractivity contribution >= 4 is 70.4 Å². The van der Waals surface area contributed by atoms with Crippen molar-refractivity contribution in [1.82, 2.24) is 4.57 Å². The third-order valence-corrected chi connectivity index (χ3v) is 16.4. The van der Waals surface area contributed by atoms with E-state index in [1.165, 1.54) is 103 Å². The fourth-order valence-electron chi connectivity index (χ4n) is 12.4. The van der Waals surface area contributed by atoms with Crippen LogP contribution in [0, 0.1) is 0 Å². The van der Waals surface area contributed by atoms with Gasteiger partial charge in [0, 0.05) is 47.8 Å². The monoisotopic (exact) mass is 906 g/mol. The molecule has 0 fully saturated rings. The molecule has 70 heavy (non-hydrogen) atoms. The van der Waals surface area contributed by atoms with Gasteiger partial charge in [-0.3, -0.25) is 0 Å². The molecule has 326 valence electrons. The second kappa shape index (κ2) is 15.1. The molecule has 1 aliphatic heterocycles. The molecule has 3 heterocycles. The number of para-hydroxylation sites is 4. The Bertz CT molecular complexity index is 4240. The lowest BCUT2D eigenvalue weighted by Crippen LogP contribution is -2.33. The Kier molecular flexibility index (Phi) is 8.48. The van der Waals surface area contributed by atoms with Crippen molar-refractivity contribution in [2.75, 3.05) is 4.90 Å². The van der Waals surface area contributed by atoms with E-state index in [-0.39, 0.29) is 0 Å². The van der Waals surface area contributed by atoms with Crippen molar-refractivity contribution in [2.24, 2.45) is 0 Å². The Labute approximate surface area is 410 Å². The van der Waals surface area contributed by atoms with Crippen molar-refractivity contribution < 1.29 is 0 Å². The SMILES string of the molecule is c1ccc(-c2ccc(-c3ccccc3N(c3ccc(-c4cccc5sc6ccccc6c45)cc3)c3cccc4c3-c3ccccc3C43c4ccccc4-n4c5ccccc5c5cccc3c54)cc2)cc1. The predicted octanol–water partition coefficient (Wildman–Crippen LogP) is 18.3. The summed E-state index contributed by atoms with van der Waals surface area (Å²) < 4.78 is 5.15. The number of thiophene rings is 1. The molecule has 13 aromatic rings. The minimum Gasteiger partial charge on any atom is -0.309 e. The largest absolute Gasteiger partial charge is 0.309 e. The first kappa shape index (κ1) is 39.3. The molecule has 1 aliphatic carbocycles. The lowest BCUT2D eigenvalue weighted by Gasteiger charge is -2.39. The molecular weight excluding hydrogens is 865 g/mol. The number of hydrogen-bond donors (Lipinski definition) is 0. The Balaban J connectivity index is 0.989. The maximum absolute atomic E-state index is 2.53. The van der Waals surface area contributed by atoms with Gasteiger partial charge in [-0.1, -0.05) is 206 Å². The minimum atomic E-state index is -0.577. The summed E-state index contributed by atoms with van der Waals surface area (Å²) in [4.78, 5) is 2.53. The van der Waals surface area contributed by atoms with Gasteiger partial charge in [-0.2, -0.15) is 0 Å². The van der Waals surface area contributed by atoms with E-state index >= 15 is 0 Å². The molecule has 15 rings (SSSR count). The summed E-state index contributed by atoms with van der Waals surface area (Å²) in [6, 6.07) is 94.9. The molecule has 1 spiro atoms. The van der Waals surface area contributed by atoms with Gasteiger partial charge in [0.25, 0.3) is 0 Å². The molecule has 1 atom stereocenters. The average molecular weight is 907 g/mol. The van der Waals surface area contributed by atoms with Gasteiger partial charge in [-0.05, 0) is 104 Å². The van der Waals surface area contributed by atoms with Gasteiger partial charge in [0.2, 0.25) is 0 Å². The van der Waals surface area contributed by atoms with Gasteiger partial charge in [0.15, 0.2) is 0 Å². The Morgan fingerprint density at radius 1 is 0.343 bits per heavy atom. The highest BCUT2D eigenvalue weighted by Crippen LogP contribution is 2.63. The minimum absolute atomic E-state index is 0.577. The van der Waals surface area contributed by atoms with E-state index in [9.17, 15) is 0 Å². The summed E-state index contributed by atoms with van der Waals surface area (Å²) in [6.07, 6.45) is 0. The van der Waals surface area contributed by atoms with Crippen LogP contribution in [0.25, 0.3) is 92.2 Å². The van der Waals surface area contributed by atoms with Crippen molar-refractivity contribution in [3.63, 3.8) is 0 Å². The van der Waals surface area contributed by atoms with Gasteiger partial charge in [0.05, 0.1) is 33.5 Å². The van der Waals surface area contributed by atoms with Crippen LogP contribution in [0.15, 0.2) is 255 Å². The van der Waals surface area contributed by atoms with Crippen molar-refractivity contribution in [2.45, 2.75) is 5.41 Å². The lowest BCUT2D eigenvalue weighted by molar-refractivity contribution is 0.748. The number of fused-ring (bicyclic) bond motifs is 15. The van der Waals surface area contributed by atoms with E-state index in [0.29, 0.717) is 0 Å². The van der Waals surface area contributed by atoms with Crippen LogP contribution in [0.3, 0.4) is 0 Å². The van der Waals surface area contributed by atoms with Crippen molar-refractivity contribution in [1.29, 1.82) is 0 Å². The van der Waals surface area contributed by atoms with E-state index in [0.717, 1.165) is 28.2 Å². The Morgan fingerprint density at radius 3 is 1.77 bits per heavy atom. The maximum atomic E-state index is 2.53. The number of anilines is 3. The molecule has 2 aromatic heterocycles. The van der Waals surface area contributed by atoms with Crippen molar-refractivity contribution in [3.05, 3.63) is 277 Å². The van der Waals surface area contributed by atoms with E-state index < -0.39 is 5.41 Å². The summed E-state index contributed by atoms with van der Waals surface area (Å²) in [7, 11) is 0. The average Bonchev–Trinajstić information content (AvgIpc) is 4.09. The first-order valence-electron chi connectivity index (χ1n) is 24.2. The van der Waals surface area contributed by atoms with E-state index in [1.807, 2.05) is 11.3 Å². The standard InChI is InChI=1S/C67H42N2S/c1-2-17-43(18-3-1)44-35-37-45(38-36-44)48-19-5-10-29-58(48)68(47-41-39-46(40-42-47)49-23-15-34-63-64(49)53-22-7-13-33-62(53)70-63)61-32-16-27-56-65(61)52-21-4-8-25-54(52)67(56)55-26-9-12-31-60(55)69-59-30-11-6-20-50(59)51-24-14-28-57(67)66(51)69/h1-42H. The van der Waals surface area contributed by atoms with Gasteiger partial charge in [0.1, 0.15) is 0 Å². The van der Waals surface area contributed by atoms with E-state index in [2.05, 4.69) is 264 Å². The van der Waals surface area contributed by atoms with Crippen LogP contribution in [0.4, 0.5) is 17.1 Å². The van der Waals surface area contributed by atoms with Gasteiger partial charge in [-0.15, -0.1) is 11.3 Å². The van der Waals surface area contributed by atoms with Crippen LogP contribution in [-0.4, -0.2) is 4.57 Å². The molecule has 1 unspecified atom stereocenters. The fourth-order valence-corrected chi connectivity index (χ4v) is 13.5. The third kappa shape index (κ3) is 5.44. The van der Waals surface area contributed by atoms with Crippen molar-refractivity contribution in [3.8, 4) is 50.2 Å². The molecule has 0 saturated heterocycles. The highest BCUT2D eigenvalue weighted by Gasteiger charge is 2.51. The molecule has 2 nitrogen and oxygen atoms in total. The summed E-state index contributed by atoms with van der Waals surface area (Å²) >= 11 is 1.87. The summed E-state index contributed by atoms with van der Waals surface area (Å²) in [6.45, 7) is 0. The normalized spacial score (nSPS) is 14.3. The summed E-state index contributed by atoms with van der Waals surface area (Å²) in [5.74, 6) is 0. The quantitative estimate of drug-likeness (QED) is 0.161. The second-order valence-corrected chi connectivity index (χ2v) is 19.8. The molecule has 2 aliphatic rings. The number of nitrogens with zero attached hydrogens (tertiary/aromatic N) is 2. The number of hydrogen-bond acceptors (Lipinski definition) is 2. The highest BCUT2D eigenvalue weighted by atomic mass is 32.1. The molecular formula is C67H42N2S. The van der Waals surface area contributed by atoms with Crippen LogP contribution in [0.1, 0.15) is 22.3 Å². The zero-order chi connectivity index (χ0) is 45.9. The fraction of sp³-hybridized carbons (Fsp3) is 0.0149. The number of benzene rings is 11. The molecule has 0 amide bonds. The molecule has 0 bridgehead atoms. The van der Waals surface area contributed by atoms with Gasteiger partial charge in [-0.25, -0.2) is 0 Å². The molecule has 0 radical (unpaired) electrons. The van der Waals surface area contributed by atoms with Crippen LogP contribution < -0.4 is 4.90 Å². The maximum Gasteiger partial charge on any atom is 0.0755 e. The summed E-state index contributed by atoms with van der Waals surface area (Å²) in [5.41, 5.74) is 21.4. The van der Waals surface area contributed by atoms with E-state index in [4.69, 9.17) is 0 Å². The number of aromatic nitrogens is 1. The zero-order valence-corrected chi connectivity index (χ0v) is 38.9. The first-order chi connectivity index (χ1) is 34.8. The molecule has 11 aromatic carbocycles. The topological polar surface area (TPSA) is 8.17 Å². The smallest absolute Gasteiger partial charge is 0.0755 e. The van der Waals surface area contributed by atoms with E-state index in [1.54, 1.807) is 0 Å². The second-order valence-electron chi connectivity index (χ2n) is 18.7. The Hall–Kier alpha value is -8.76. The first-order valence-corrected chi connectivity index (χ1v) is 25.0. The zero-order valence-electron chi connectivity index (χ0n) is 38.1. The number of rotatable bonds is 6. The van der Waals surface area contributed by atoms with Gasteiger partial charge < -0.3 is 9.47 Å². The van der Waals surface area contributed by atoms with Crippen LogP contribution in [0.2, 0.25) is 0 Å². The summed E-state index contributed by atoms with van der Waals surface area (Å²) in [5, 5.41) is 5.19. The predicted molar refractivity (Wildman–Crippen MR) is 296 cm³/mol. The van der Waals surface area contributed by atoms with Gasteiger partial charge >= 0.3 is 0 Å². The van der Waals surface area contributed by atoms with Crippen LogP contribution in [-0.2, 0) is 5.41 Å². The Morgan fingerprint density at radius 2 is 0.900 bits per heavy atom. The molecule has 0 N–H and O–H groups in total. The highest BCUT2D eigenvalue weighted by molar-refractivity contribution is 7.25. The van der Waals surface area contributed by atoms with Crippen LogP contribution >= 0.6 is 11.3 Å². The third-order valence-electron chi connectivity index (χ3n) is 15.2. The lowest BCUT2D eigenvalue weighted by atomic mass is 9.65. The molecule has 0 saturated carbocycles. The molecule has 3 heteroatoms. The van der Waals surface area contributed by atoms with Crippen LogP contribution in [0.5, 0.6) is 0 Å².